The maximum absolute atomic E-state index is 13.0. The van der Waals surface area contributed by atoms with Gasteiger partial charge < -0.3 is 10.1 Å². The highest BCUT2D eigenvalue weighted by atomic mass is 16.6. The van der Waals surface area contributed by atoms with Gasteiger partial charge in [-0.05, 0) is 39.2 Å². The predicted molar refractivity (Wildman–Crippen MR) is 96.6 cm³/mol. The van der Waals surface area contributed by atoms with Crippen LogP contribution in [0.25, 0.3) is 0 Å². The quantitative estimate of drug-likeness (QED) is 0.836. The van der Waals surface area contributed by atoms with Gasteiger partial charge in [-0.2, -0.15) is 5.26 Å². The van der Waals surface area contributed by atoms with E-state index in [1.807, 2.05) is 36.5 Å². The lowest BCUT2D eigenvalue weighted by molar-refractivity contribution is -0.149. The van der Waals surface area contributed by atoms with E-state index in [0.29, 0.717) is 19.5 Å². The second kappa shape index (κ2) is 8.56. The summed E-state index contributed by atoms with van der Waals surface area (Å²) in [5.74, 6) is -0.305. The Morgan fingerprint density at radius 3 is 2.50 bits per heavy atom. The van der Waals surface area contributed by atoms with Gasteiger partial charge in [0.05, 0.1) is 6.54 Å². The summed E-state index contributed by atoms with van der Waals surface area (Å²) in [6.07, 6.45) is 3.41. The van der Waals surface area contributed by atoms with Gasteiger partial charge in [0.15, 0.2) is 6.19 Å². The molecule has 2 amide bonds. The third-order valence-corrected chi connectivity index (χ3v) is 3.92. The van der Waals surface area contributed by atoms with Gasteiger partial charge in [-0.15, -0.1) is 0 Å². The maximum Gasteiger partial charge on any atom is 0.408 e. The van der Waals surface area contributed by atoms with E-state index in [4.69, 9.17) is 4.74 Å². The van der Waals surface area contributed by atoms with Crippen molar-refractivity contribution in [2.24, 2.45) is 0 Å². The molecule has 0 saturated carbocycles. The number of hydrogen-bond acceptors (Lipinski definition) is 5. The number of nitriles is 1. The molecule has 1 unspecified atom stereocenters. The lowest BCUT2D eigenvalue weighted by Gasteiger charge is -2.36. The molecule has 7 heteroatoms. The summed E-state index contributed by atoms with van der Waals surface area (Å²) in [5.41, 5.74) is 0.260. The zero-order valence-electron chi connectivity index (χ0n) is 15.6. The van der Waals surface area contributed by atoms with Crippen molar-refractivity contribution in [3.05, 3.63) is 35.9 Å². The standard InChI is InChI=1S/C19H26N4O3/c1-19(2,3)26-18(25)21-16(13-15-9-5-4-6-10-15)17(24)23-12-8-7-11-22(23)14-20/h4-6,9-10,16H,7-8,11-13H2,1-3H3,(H,21,25). The number of alkyl carbamates (subject to hydrolysis) is 1. The van der Waals surface area contributed by atoms with Gasteiger partial charge in [0.1, 0.15) is 11.6 Å². The van der Waals surface area contributed by atoms with E-state index in [9.17, 15) is 14.9 Å². The van der Waals surface area contributed by atoms with Crippen molar-refractivity contribution in [2.45, 2.75) is 51.7 Å². The Kier molecular flexibility index (Phi) is 6.45. The molecule has 1 atom stereocenters. The minimum atomic E-state index is -0.804. The number of amides is 2. The number of benzene rings is 1. The summed E-state index contributed by atoms with van der Waals surface area (Å²) in [6, 6.07) is 8.65. The SMILES string of the molecule is CC(C)(C)OC(=O)NC(Cc1ccccc1)C(=O)N1CCCCN1C#N. The van der Waals surface area contributed by atoms with E-state index >= 15 is 0 Å². The van der Waals surface area contributed by atoms with Crippen molar-refractivity contribution < 1.29 is 14.3 Å². The van der Waals surface area contributed by atoms with Crippen molar-refractivity contribution in [2.75, 3.05) is 13.1 Å². The molecule has 0 bridgehead atoms. The zero-order valence-corrected chi connectivity index (χ0v) is 15.6. The molecule has 0 radical (unpaired) electrons. The summed E-state index contributed by atoms with van der Waals surface area (Å²) in [5, 5.41) is 14.7. The number of hydrogen-bond donors (Lipinski definition) is 1. The van der Waals surface area contributed by atoms with Gasteiger partial charge >= 0.3 is 6.09 Å². The fraction of sp³-hybridized carbons (Fsp3) is 0.526. The Morgan fingerprint density at radius 2 is 1.88 bits per heavy atom. The van der Waals surface area contributed by atoms with Gasteiger partial charge in [-0.25, -0.2) is 14.8 Å². The molecule has 1 saturated heterocycles. The highest BCUT2D eigenvalue weighted by Crippen LogP contribution is 2.14. The van der Waals surface area contributed by atoms with E-state index in [-0.39, 0.29) is 5.91 Å². The van der Waals surface area contributed by atoms with Crippen molar-refractivity contribution >= 4 is 12.0 Å². The average Bonchev–Trinajstić information content (AvgIpc) is 2.59. The number of ether oxygens (including phenoxy) is 1. The van der Waals surface area contributed by atoms with Crippen molar-refractivity contribution in [3.63, 3.8) is 0 Å². The lowest BCUT2D eigenvalue weighted by Crippen LogP contribution is -2.56. The monoisotopic (exact) mass is 358 g/mol. The molecule has 1 heterocycles. The summed E-state index contributed by atoms with van der Waals surface area (Å²) in [7, 11) is 0. The Balaban J connectivity index is 2.17. The van der Waals surface area contributed by atoms with Crippen LogP contribution in [0.15, 0.2) is 30.3 Å². The molecule has 1 aromatic carbocycles. The Hall–Kier alpha value is -2.75. The average molecular weight is 358 g/mol. The first-order chi connectivity index (χ1) is 12.3. The molecule has 1 fully saturated rings. The molecular weight excluding hydrogens is 332 g/mol. The molecule has 1 aliphatic rings. The number of carbonyl (C=O) groups is 2. The number of nitrogens with zero attached hydrogens (tertiary/aromatic N) is 3. The van der Waals surface area contributed by atoms with Crippen LogP contribution in [0.4, 0.5) is 4.79 Å². The normalized spacial score (nSPS) is 15.8. The molecule has 26 heavy (non-hydrogen) atoms. The minimum absolute atomic E-state index is 0.305. The first kappa shape index (κ1) is 19.6. The van der Waals surface area contributed by atoms with Gasteiger partial charge in [0.2, 0.25) is 0 Å². The molecule has 2 rings (SSSR count). The smallest absolute Gasteiger partial charge is 0.408 e. The molecule has 0 aromatic heterocycles. The molecule has 0 spiro atoms. The molecule has 7 nitrogen and oxygen atoms in total. The van der Waals surface area contributed by atoms with Crippen LogP contribution in [0.2, 0.25) is 0 Å². The second-order valence-corrected chi connectivity index (χ2v) is 7.28. The zero-order chi connectivity index (χ0) is 19.2. The first-order valence-electron chi connectivity index (χ1n) is 8.82. The number of carbonyl (C=O) groups excluding carboxylic acids is 2. The van der Waals surface area contributed by atoms with E-state index in [1.165, 1.54) is 10.0 Å². The van der Waals surface area contributed by atoms with Gasteiger partial charge in [-0.1, -0.05) is 30.3 Å². The van der Waals surface area contributed by atoms with E-state index < -0.39 is 17.7 Å². The summed E-state index contributed by atoms with van der Waals surface area (Å²) in [4.78, 5) is 25.3. The fourth-order valence-electron chi connectivity index (χ4n) is 2.78. The van der Waals surface area contributed by atoms with Crippen LogP contribution in [-0.2, 0) is 16.0 Å². The van der Waals surface area contributed by atoms with Gasteiger partial charge in [0, 0.05) is 13.0 Å². The van der Waals surface area contributed by atoms with E-state index in [2.05, 4.69) is 5.32 Å². The van der Waals surface area contributed by atoms with E-state index in [0.717, 1.165) is 18.4 Å². The van der Waals surface area contributed by atoms with E-state index in [1.54, 1.807) is 20.8 Å². The minimum Gasteiger partial charge on any atom is -0.444 e. The van der Waals surface area contributed by atoms with Crippen LogP contribution in [0, 0.1) is 11.5 Å². The van der Waals surface area contributed by atoms with Crippen LogP contribution < -0.4 is 5.32 Å². The number of rotatable bonds is 4. The third kappa shape index (κ3) is 5.66. The summed E-state index contributed by atoms with van der Waals surface area (Å²) in [6.45, 7) is 6.27. The van der Waals surface area contributed by atoms with Crippen LogP contribution in [0.5, 0.6) is 0 Å². The maximum atomic E-state index is 13.0. The summed E-state index contributed by atoms with van der Waals surface area (Å²) >= 11 is 0. The van der Waals surface area contributed by atoms with Gasteiger partial charge in [0.25, 0.3) is 5.91 Å². The van der Waals surface area contributed by atoms with Crippen molar-refractivity contribution in [1.29, 1.82) is 5.26 Å². The Labute approximate surface area is 154 Å². The molecular formula is C19H26N4O3. The number of nitrogens with one attached hydrogen (secondary N) is 1. The second-order valence-electron chi connectivity index (χ2n) is 7.28. The third-order valence-electron chi connectivity index (χ3n) is 3.92. The Bertz CT molecular complexity index is 664. The van der Waals surface area contributed by atoms with Crippen molar-refractivity contribution in [1.82, 2.24) is 15.3 Å². The first-order valence-corrected chi connectivity index (χ1v) is 8.82. The van der Waals surface area contributed by atoms with Crippen LogP contribution in [0.1, 0.15) is 39.2 Å². The molecule has 1 N–H and O–H groups in total. The summed E-state index contributed by atoms with van der Waals surface area (Å²) < 4.78 is 5.30. The van der Waals surface area contributed by atoms with Crippen molar-refractivity contribution in [3.8, 4) is 6.19 Å². The molecule has 0 aliphatic carbocycles. The largest absolute Gasteiger partial charge is 0.444 e. The van der Waals surface area contributed by atoms with Gasteiger partial charge in [-0.3, -0.25) is 4.79 Å². The topological polar surface area (TPSA) is 85.7 Å². The highest BCUT2D eigenvalue weighted by molar-refractivity contribution is 5.86. The van der Waals surface area contributed by atoms with Crippen LogP contribution in [0.3, 0.4) is 0 Å². The fourth-order valence-corrected chi connectivity index (χ4v) is 2.78. The molecule has 140 valence electrons. The Morgan fingerprint density at radius 1 is 1.23 bits per heavy atom. The highest BCUT2D eigenvalue weighted by Gasteiger charge is 2.32. The number of hydrazine groups is 1. The van der Waals surface area contributed by atoms with Crippen LogP contribution in [-0.4, -0.2) is 46.8 Å². The molecule has 1 aliphatic heterocycles. The van der Waals surface area contributed by atoms with Crippen LogP contribution >= 0.6 is 0 Å². The predicted octanol–water partition coefficient (Wildman–Crippen LogP) is 2.44. The lowest BCUT2D eigenvalue weighted by atomic mass is 10.0. The molecule has 1 aromatic rings.